The van der Waals surface area contributed by atoms with E-state index in [1.807, 2.05) is 26.2 Å². The molecule has 1 fully saturated rings. The minimum absolute atomic E-state index is 0.0124. The van der Waals surface area contributed by atoms with Crippen molar-refractivity contribution >= 4 is 26.9 Å². The minimum Gasteiger partial charge on any atom is -0.385 e. The van der Waals surface area contributed by atoms with Gasteiger partial charge >= 0.3 is 0 Å². The van der Waals surface area contributed by atoms with Crippen LogP contribution in [0, 0.1) is 5.92 Å². The number of aromatic amines is 1. The molecule has 0 radical (unpaired) electrons. The zero-order chi connectivity index (χ0) is 20.3. The van der Waals surface area contributed by atoms with Crippen LogP contribution in [0.3, 0.4) is 0 Å². The lowest BCUT2D eigenvalue weighted by Gasteiger charge is -2.42. The molecule has 0 saturated heterocycles. The molecule has 1 aliphatic rings. The molecule has 1 unspecified atom stereocenters. The van der Waals surface area contributed by atoms with Crippen LogP contribution in [0.15, 0.2) is 18.6 Å². The maximum atomic E-state index is 12.8. The lowest BCUT2D eigenvalue weighted by atomic mass is 9.81. The molecule has 9 heteroatoms. The number of hydrogen-bond donors (Lipinski definition) is 1. The number of hydrogen-bond acceptors (Lipinski definition) is 6. The van der Waals surface area contributed by atoms with E-state index >= 15 is 0 Å². The second-order valence-electron chi connectivity index (χ2n) is 7.82. The average molecular weight is 410 g/mol. The van der Waals surface area contributed by atoms with E-state index in [2.05, 4.69) is 19.9 Å². The van der Waals surface area contributed by atoms with Crippen LogP contribution < -0.4 is 4.90 Å². The Balaban J connectivity index is 1.54. The molecule has 1 N–H and O–H groups in total. The molecule has 0 amide bonds. The van der Waals surface area contributed by atoms with Crippen LogP contribution in [-0.4, -0.2) is 73.3 Å². The van der Waals surface area contributed by atoms with Gasteiger partial charge in [0.05, 0.1) is 11.1 Å². The van der Waals surface area contributed by atoms with Gasteiger partial charge in [-0.05, 0) is 44.6 Å². The highest BCUT2D eigenvalue weighted by atomic mass is 32.2. The van der Waals surface area contributed by atoms with E-state index in [1.54, 1.807) is 20.5 Å². The summed E-state index contributed by atoms with van der Waals surface area (Å²) in [5, 5.41) is 0.991. The number of rotatable bonds is 10. The van der Waals surface area contributed by atoms with Crippen LogP contribution in [0.5, 0.6) is 0 Å². The van der Waals surface area contributed by atoms with E-state index in [1.165, 1.54) is 4.31 Å². The van der Waals surface area contributed by atoms with Gasteiger partial charge in [-0.3, -0.25) is 0 Å². The largest absolute Gasteiger partial charge is 0.385 e. The highest BCUT2D eigenvalue weighted by Gasteiger charge is 2.37. The molecule has 1 atom stereocenters. The number of H-pyrrole nitrogens is 1. The van der Waals surface area contributed by atoms with E-state index in [-0.39, 0.29) is 17.7 Å². The van der Waals surface area contributed by atoms with Crippen molar-refractivity contribution in [2.24, 2.45) is 5.92 Å². The maximum Gasteiger partial charge on any atom is 0.214 e. The smallest absolute Gasteiger partial charge is 0.214 e. The van der Waals surface area contributed by atoms with Gasteiger partial charge in [-0.1, -0.05) is 0 Å². The molecule has 1 saturated carbocycles. The van der Waals surface area contributed by atoms with Gasteiger partial charge < -0.3 is 14.6 Å². The Morgan fingerprint density at radius 3 is 2.79 bits per heavy atom. The van der Waals surface area contributed by atoms with Crippen molar-refractivity contribution in [1.82, 2.24) is 19.3 Å². The Morgan fingerprint density at radius 2 is 2.07 bits per heavy atom. The van der Waals surface area contributed by atoms with Gasteiger partial charge in [0, 0.05) is 46.1 Å². The van der Waals surface area contributed by atoms with Gasteiger partial charge in [-0.15, -0.1) is 0 Å². The predicted molar refractivity (Wildman–Crippen MR) is 111 cm³/mol. The monoisotopic (exact) mass is 409 g/mol. The molecule has 0 aliphatic heterocycles. The highest BCUT2D eigenvalue weighted by molar-refractivity contribution is 7.89. The maximum absolute atomic E-state index is 12.8. The van der Waals surface area contributed by atoms with Crippen LogP contribution in [-0.2, 0) is 14.8 Å². The zero-order valence-electron chi connectivity index (χ0n) is 17.1. The molecule has 28 heavy (non-hydrogen) atoms. The van der Waals surface area contributed by atoms with Crippen molar-refractivity contribution in [3.05, 3.63) is 18.6 Å². The van der Waals surface area contributed by atoms with E-state index in [0.717, 1.165) is 42.5 Å². The fraction of sp³-hybridized carbons (Fsp3) is 0.684. The normalized spacial score (nSPS) is 21.0. The summed E-state index contributed by atoms with van der Waals surface area (Å²) < 4.78 is 32.1. The molecule has 1 aliphatic carbocycles. The average Bonchev–Trinajstić information content (AvgIpc) is 3.12. The Morgan fingerprint density at radius 1 is 1.32 bits per heavy atom. The van der Waals surface area contributed by atoms with Gasteiger partial charge in [0.1, 0.15) is 17.8 Å². The summed E-state index contributed by atoms with van der Waals surface area (Å²) in [7, 11) is 2.13. The Bertz CT molecular complexity index is 879. The van der Waals surface area contributed by atoms with E-state index in [4.69, 9.17) is 4.74 Å². The van der Waals surface area contributed by atoms with Gasteiger partial charge in [-0.2, -0.15) is 0 Å². The van der Waals surface area contributed by atoms with Crippen molar-refractivity contribution < 1.29 is 13.2 Å². The molecule has 0 aromatic carbocycles. The number of fused-ring (bicyclic) bond motifs is 1. The first-order chi connectivity index (χ1) is 13.3. The van der Waals surface area contributed by atoms with Crippen molar-refractivity contribution in [3.63, 3.8) is 0 Å². The number of aromatic nitrogens is 3. The topological polar surface area (TPSA) is 91.4 Å². The molecule has 2 heterocycles. The number of sulfonamides is 1. The predicted octanol–water partition coefficient (Wildman–Crippen LogP) is 2.25. The summed E-state index contributed by atoms with van der Waals surface area (Å²) in [4.78, 5) is 13.9. The first-order valence-corrected chi connectivity index (χ1v) is 11.4. The molecular weight excluding hydrogens is 378 g/mol. The van der Waals surface area contributed by atoms with Crippen molar-refractivity contribution in [2.45, 2.75) is 44.7 Å². The second-order valence-corrected chi connectivity index (χ2v) is 9.89. The summed E-state index contributed by atoms with van der Waals surface area (Å²) in [6.07, 6.45) is 6.80. The van der Waals surface area contributed by atoms with Crippen LogP contribution in [0.1, 0.15) is 32.6 Å². The van der Waals surface area contributed by atoms with Gasteiger partial charge in [0.2, 0.25) is 10.0 Å². The zero-order valence-corrected chi connectivity index (χ0v) is 17.9. The standard InChI is InChI=1S/C19H31N5O3S/c1-14(6-5-9-27-4)24(3)28(25,26)12-15-10-16(11-15)23(2)19-17-7-8-20-18(17)21-13-22-19/h7-8,13-16H,5-6,9-12H2,1-4H3,(H,20,21,22). The SMILES string of the molecule is COCCCC(C)N(C)S(=O)(=O)CC1CC(N(C)c2ncnc3[nH]ccc23)C1. The third kappa shape index (κ3) is 4.47. The number of nitrogens with one attached hydrogen (secondary N) is 1. The Kier molecular flexibility index (Phi) is 6.57. The first-order valence-electron chi connectivity index (χ1n) is 9.79. The fourth-order valence-corrected chi connectivity index (χ4v) is 5.62. The van der Waals surface area contributed by atoms with Crippen LogP contribution in [0.4, 0.5) is 5.82 Å². The summed E-state index contributed by atoms with van der Waals surface area (Å²) in [6.45, 7) is 2.62. The number of nitrogens with zero attached hydrogens (tertiary/aromatic N) is 4. The molecule has 8 nitrogen and oxygen atoms in total. The number of anilines is 1. The van der Waals surface area contributed by atoms with Gasteiger partial charge in [0.25, 0.3) is 0 Å². The molecule has 3 rings (SSSR count). The number of ether oxygens (including phenoxy) is 1. The lowest BCUT2D eigenvalue weighted by Crippen LogP contribution is -2.47. The molecule has 2 aromatic heterocycles. The summed E-state index contributed by atoms with van der Waals surface area (Å²) >= 11 is 0. The number of methoxy groups -OCH3 is 1. The van der Waals surface area contributed by atoms with Crippen LogP contribution >= 0.6 is 0 Å². The second kappa shape index (κ2) is 8.75. The third-order valence-electron chi connectivity index (χ3n) is 5.90. The fourth-order valence-electron chi connectivity index (χ4n) is 3.86. The van der Waals surface area contributed by atoms with E-state index < -0.39 is 10.0 Å². The molecule has 0 spiro atoms. The highest BCUT2D eigenvalue weighted by Crippen LogP contribution is 2.36. The first kappa shape index (κ1) is 21.0. The lowest BCUT2D eigenvalue weighted by molar-refractivity contribution is 0.185. The summed E-state index contributed by atoms with van der Waals surface area (Å²) in [5.41, 5.74) is 0.819. The molecule has 0 bridgehead atoms. The molecule has 2 aromatic rings. The van der Waals surface area contributed by atoms with E-state index in [9.17, 15) is 8.42 Å². The van der Waals surface area contributed by atoms with Gasteiger partial charge in [0.15, 0.2) is 0 Å². The van der Waals surface area contributed by atoms with Crippen LogP contribution in [0.2, 0.25) is 0 Å². The quantitative estimate of drug-likeness (QED) is 0.605. The summed E-state index contributed by atoms with van der Waals surface area (Å²) in [6, 6.07) is 2.26. The molecular formula is C19H31N5O3S. The molecule has 156 valence electrons. The Labute approximate surface area is 167 Å². The van der Waals surface area contributed by atoms with Gasteiger partial charge in [-0.25, -0.2) is 22.7 Å². The Hall–Kier alpha value is -1.71. The van der Waals surface area contributed by atoms with E-state index in [0.29, 0.717) is 12.6 Å². The van der Waals surface area contributed by atoms with Crippen molar-refractivity contribution in [2.75, 3.05) is 38.5 Å². The van der Waals surface area contributed by atoms with Crippen molar-refractivity contribution in [3.8, 4) is 0 Å². The van der Waals surface area contributed by atoms with Crippen molar-refractivity contribution in [1.29, 1.82) is 0 Å². The van der Waals surface area contributed by atoms with Crippen LogP contribution in [0.25, 0.3) is 11.0 Å². The summed E-state index contributed by atoms with van der Waals surface area (Å²) in [5.74, 6) is 1.29. The minimum atomic E-state index is -3.25. The third-order valence-corrected chi connectivity index (χ3v) is 8.03.